The van der Waals surface area contributed by atoms with Crippen LogP contribution in [0.1, 0.15) is 10.4 Å². The van der Waals surface area contributed by atoms with Gasteiger partial charge in [0.1, 0.15) is 17.2 Å². The average molecular weight is 532 g/mol. The van der Waals surface area contributed by atoms with E-state index in [0.29, 0.717) is 44.3 Å². The monoisotopic (exact) mass is 531 g/mol. The number of rotatable bonds is 7. The summed E-state index contributed by atoms with van der Waals surface area (Å²) in [6, 6.07) is 16.3. The van der Waals surface area contributed by atoms with E-state index in [2.05, 4.69) is 39.4 Å². The van der Waals surface area contributed by atoms with Crippen molar-refractivity contribution in [3.05, 3.63) is 70.7 Å². The van der Waals surface area contributed by atoms with E-state index < -0.39 is 6.03 Å². The van der Waals surface area contributed by atoms with Gasteiger partial charge in [-0.2, -0.15) is 0 Å². The first-order chi connectivity index (χ1) is 15.9. The van der Waals surface area contributed by atoms with E-state index >= 15 is 0 Å². The first-order valence-corrected chi connectivity index (χ1v) is 10.8. The zero-order valence-electron chi connectivity index (χ0n) is 18.1. The zero-order chi connectivity index (χ0) is 24.0. The van der Waals surface area contributed by atoms with E-state index in [0.717, 1.165) is 4.31 Å². The lowest BCUT2D eigenvalue weighted by molar-refractivity contribution is 0.102. The molecule has 0 aromatic heterocycles. The van der Waals surface area contributed by atoms with Crippen molar-refractivity contribution in [3.63, 3.8) is 0 Å². The van der Waals surface area contributed by atoms with E-state index in [1.54, 1.807) is 67.8 Å². The van der Waals surface area contributed by atoms with Crippen molar-refractivity contribution in [2.24, 2.45) is 0 Å². The van der Waals surface area contributed by atoms with Crippen LogP contribution >= 0.6 is 28.7 Å². The summed E-state index contributed by atoms with van der Waals surface area (Å²) < 4.78 is 17.5. The molecule has 0 radical (unpaired) electrons. The van der Waals surface area contributed by atoms with Gasteiger partial charge in [0.15, 0.2) is 0 Å². The van der Waals surface area contributed by atoms with Crippen molar-refractivity contribution < 1.29 is 23.8 Å². The van der Waals surface area contributed by atoms with Crippen LogP contribution in [0.25, 0.3) is 0 Å². The molecular weight excluding hydrogens is 510 g/mol. The molecule has 3 aromatic rings. The van der Waals surface area contributed by atoms with Gasteiger partial charge in [-0.3, -0.25) is 4.79 Å². The smallest absolute Gasteiger partial charge is 0.336 e. The van der Waals surface area contributed by atoms with Crippen LogP contribution < -0.4 is 29.1 Å². The maximum Gasteiger partial charge on any atom is 0.336 e. The standard InChI is InChI=1S/C23H22BrN3O5S/c1-30-17-10-4-14(5-11-17)22(28)25-15-6-8-16(9-7-15)27(33)23(29)26-19-12-18(24)20(31-2)13-21(19)32-3/h4-13,33H,1-3H3,(H,25,28)(H,26,29). The summed E-state index contributed by atoms with van der Waals surface area (Å²) in [6.07, 6.45) is 0. The third kappa shape index (κ3) is 5.91. The summed E-state index contributed by atoms with van der Waals surface area (Å²) in [7, 11) is 4.60. The number of benzene rings is 3. The Bertz CT molecular complexity index is 1140. The second-order valence-corrected chi connectivity index (χ2v) is 7.91. The molecular formula is C23H22BrN3O5S. The largest absolute Gasteiger partial charge is 0.497 e. The Labute approximate surface area is 205 Å². The molecule has 0 aliphatic carbocycles. The van der Waals surface area contributed by atoms with Crippen molar-refractivity contribution in [1.29, 1.82) is 0 Å². The van der Waals surface area contributed by atoms with Crippen LogP contribution in [0.5, 0.6) is 17.2 Å². The number of carbonyl (C=O) groups excluding carboxylic acids is 2. The molecule has 3 rings (SSSR count). The Morgan fingerprint density at radius 2 is 1.48 bits per heavy atom. The fourth-order valence-corrected chi connectivity index (χ4v) is 3.56. The third-order valence-corrected chi connectivity index (χ3v) is 5.66. The molecule has 0 unspecified atom stereocenters. The van der Waals surface area contributed by atoms with Crippen molar-refractivity contribution in [2.75, 3.05) is 36.3 Å². The predicted octanol–water partition coefficient (Wildman–Crippen LogP) is 5.61. The van der Waals surface area contributed by atoms with Gasteiger partial charge in [0.2, 0.25) is 0 Å². The molecule has 0 aliphatic heterocycles. The number of thiol groups is 1. The minimum Gasteiger partial charge on any atom is -0.497 e. The Balaban J connectivity index is 1.67. The lowest BCUT2D eigenvalue weighted by Crippen LogP contribution is -2.27. The summed E-state index contributed by atoms with van der Waals surface area (Å²) >= 11 is 7.69. The molecule has 10 heteroatoms. The molecule has 172 valence electrons. The van der Waals surface area contributed by atoms with Gasteiger partial charge in [0.25, 0.3) is 5.91 Å². The van der Waals surface area contributed by atoms with Crippen molar-refractivity contribution in [3.8, 4) is 17.2 Å². The van der Waals surface area contributed by atoms with Crippen LogP contribution in [0.3, 0.4) is 0 Å². The molecule has 8 nitrogen and oxygen atoms in total. The van der Waals surface area contributed by atoms with Gasteiger partial charge in [-0.25, -0.2) is 9.10 Å². The van der Waals surface area contributed by atoms with E-state index in [-0.39, 0.29) is 5.91 Å². The number of anilines is 3. The molecule has 0 fully saturated rings. The molecule has 0 heterocycles. The van der Waals surface area contributed by atoms with Crippen molar-refractivity contribution >= 4 is 57.7 Å². The normalized spacial score (nSPS) is 10.2. The van der Waals surface area contributed by atoms with Gasteiger partial charge in [-0.05, 0) is 70.5 Å². The summed E-state index contributed by atoms with van der Waals surface area (Å²) in [6.45, 7) is 0. The van der Waals surface area contributed by atoms with Gasteiger partial charge in [-0.15, -0.1) is 0 Å². The summed E-state index contributed by atoms with van der Waals surface area (Å²) in [4.78, 5) is 25.1. The quantitative estimate of drug-likeness (QED) is 0.345. The van der Waals surface area contributed by atoms with E-state index in [1.807, 2.05) is 0 Å². The molecule has 2 N–H and O–H groups in total. The highest BCUT2D eigenvalue weighted by Gasteiger charge is 2.17. The Kier molecular flexibility index (Phi) is 8.07. The Hall–Kier alpha value is -3.37. The topological polar surface area (TPSA) is 89.1 Å². The van der Waals surface area contributed by atoms with Crippen molar-refractivity contribution in [1.82, 2.24) is 0 Å². The van der Waals surface area contributed by atoms with Crippen LogP contribution in [-0.4, -0.2) is 33.3 Å². The SMILES string of the molecule is COc1ccc(C(=O)Nc2ccc(N(S)C(=O)Nc3cc(Br)c(OC)cc3OC)cc2)cc1. The van der Waals surface area contributed by atoms with Gasteiger partial charge >= 0.3 is 6.03 Å². The number of hydrogen-bond donors (Lipinski definition) is 3. The van der Waals surface area contributed by atoms with E-state index in [9.17, 15) is 9.59 Å². The molecule has 3 amide bonds. The van der Waals surface area contributed by atoms with Gasteiger partial charge in [0.05, 0.1) is 37.2 Å². The Morgan fingerprint density at radius 3 is 2.06 bits per heavy atom. The minimum atomic E-state index is -0.497. The second kappa shape index (κ2) is 11.0. The number of carbonyl (C=O) groups is 2. The summed E-state index contributed by atoms with van der Waals surface area (Å²) in [5, 5.41) is 5.56. The second-order valence-electron chi connectivity index (χ2n) is 6.66. The first-order valence-electron chi connectivity index (χ1n) is 9.63. The maximum absolute atomic E-state index is 12.7. The van der Waals surface area contributed by atoms with Gasteiger partial charge in [0, 0.05) is 17.3 Å². The van der Waals surface area contributed by atoms with Crippen LogP contribution in [0, 0.1) is 0 Å². The fourth-order valence-electron chi connectivity index (χ4n) is 2.87. The number of nitrogens with zero attached hydrogens (tertiary/aromatic N) is 1. The highest BCUT2D eigenvalue weighted by Crippen LogP contribution is 2.36. The number of methoxy groups -OCH3 is 3. The van der Waals surface area contributed by atoms with E-state index in [1.165, 1.54) is 14.2 Å². The minimum absolute atomic E-state index is 0.261. The molecule has 0 atom stereocenters. The molecule has 0 bridgehead atoms. The number of urea groups is 1. The van der Waals surface area contributed by atoms with Crippen LogP contribution in [-0.2, 0) is 0 Å². The fraction of sp³-hybridized carbons (Fsp3) is 0.130. The lowest BCUT2D eigenvalue weighted by Gasteiger charge is -2.19. The molecule has 33 heavy (non-hydrogen) atoms. The maximum atomic E-state index is 12.7. The predicted molar refractivity (Wildman–Crippen MR) is 135 cm³/mol. The summed E-state index contributed by atoms with van der Waals surface area (Å²) in [5.41, 5.74) is 2.01. The molecule has 0 saturated carbocycles. The molecule has 0 saturated heterocycles. The van der Waals surface area contributed by atoms with Crippen molar-refractivity contribution in [2.45, 2.75) is 0 Å². The van der Waals surface area contributed by atoms with E-state index in [4.69, 9.17) is 14.2 Å². The zero-order valence-corrected chi connectivity index (χ0v) is 20.6. The van der Waals surface area contributed by atoms with Crippen LogP contribution in [0.15, 0.2) is 65.1 Å². The average Bonchev–Trinajstić information content (AvgIpc) is 2.84. The third-order valence-electron chi connectivity index (χ3n) is 4.63. The first kappa shape index (κ1) is 24.3. The molecule has 0 spiro atoms. The highest BCUT2D eigenvalue weighted by molar-refractivity contribution is 9.10. The number of hydrogen-bond acceptors (Lipinski definition) is 6. The van der Waals surface area contributed by atoms with Gasteiger partial charge < -0.3 is 24.8 Å². The summed E-state index contributed by atoms with van der Waals surface area (Å²) in [5.74, 6) is 1.41. The molecule has 0 aliphatic rings. The Morgan fingerprint density at radius 1 is 0.848 bits per heavy atom. The van der Waals surface area contributed by atoms with Gasteiger partial charge in [-0.1, -0.05) is 12.8 Å². The number of ether oxygens (including phenoxy) is 3. The highest BCUT2D eigenvalue weighted by atomic mass is 79.9. The lowest BCUT2D eigenvalue weighted by atomic mass is 10.2. The number of nitrogens with one attached hydrogen (secondary N) is 2. The molecule has 3 aromatic carbocycles. The number of amides is 3. The number of halogens is 1. The van der Waals surface area contributed by atoms with Crippen LogP contribution in [0.2, 0.25) is 0 Å². The van der Waals surface area contributed by atoms with Crippen LogP contribution in [0.4, 0.5) is 21.9 Å².